The number of ether oxygens (including phenoxy) is 1. The van der Waals surface area contributed by atoms with E-state index in [-0.39, 0.29) is 11.6 Å². The van der Waals surface area contributed by atoms with Crippen molar-refractivity contribution >= 4 is 17.7 Å². The monoisotopic (exact) mass is 342 g/mol. The maximum atomic E-state index is 12.4. The minimum absolute atomic E-state index is 0.0924. The standard InChI is InChI=1S/C21H30N2O2/c1-20(2,3)19(24)25-21-10-7-11-23(15-21)18(14-21)13-16-8-6-9-17(12-16)22(4)5/h6,8-9,12-13H,7,10-11,14-15H2,1-5H3/b18-13+. The van der Waals surface area contributed by atoms with Crippen molar-refractivity contribution in [3.8, 4) is 0 Å². The van der Waals surface area contributed by atoms with Crippen LogP contribution >= 0.6 is 0 Å². The summed E-state index contributed by atoms with van der Waals surface area (Å²) in [5.41, 5.74) is 2.89. The molecular weight excluding hydrogens is 312 g/mol. The minimum Gasteiger partial charge on any atom is -0.456 e. The van der Waals surface area contributed by atoms with Crippen LogP contribution in [0.15, 0.2) is 30.0 Å². The quantitative estimate of drug-likeness (QED) is 0.780. The third-order valence-corrected chi connectivity index (χ3v) is 5.09. The Morgan fingerprint density at radius 2 is 2.08 bits per heavy atom. The van der Waals surface area contributed by atoms with Gasteiger partial charge in [-0.05, 0) is 57.4 Å². The molecule has 2 heterocycles. The largest absolute Gasteiger partial charge is 0.456 e. The Bertz CT molecular complexity index is 687. The number of fused-ring (bicyclic) bond motifs is 2. The SMILES string of the molecule is CN(C)c1cccc(/C=C2\CC3(OC(=O)C(C)(C)C)CCCN2C3)c1. The molecular formula is C21H30N2O2. The van der Waals surface area contributed by atoms with Crippen LogP contribution in [0.2, 0.25) is 0 Å². The molecule has 2 aliphatic heterocycles. The van der Waals surface area contributed by atoms with Crippen LogP contribution in [0.3, 0.4) is 0 Å². The first-order valence-corrected chi connectivity index (χ1v) is 9.15. The van der Waals surface area contributed by atoms with E-state index in [0.29, 0.717) is 0 Å². The lowest BCUT2D eigenvalue weighted by molar-refractivity contribution is -0.170. The van der Waals surface area contributed by atoms with E-state index in [0.717, 1.165) is 32.4 Å². The van der Waals surface area contributed by atoms with E-state index in [1.54, 1.807) is 0 Å². The normalized spacial score (nSPS) is 24.5. The lowest BCUT2D eigenvalue weighted by Crippen LogP contribution is -2.44. The van der Waals surface area contributed by atoms with Gasteiger partial charge < -0.3 is 14.5 Å². The summed E-state index contributed by atoms with van der Waals surface area (Å²) in [5, 5.41) is 0. The molecule has 1 aromatic carbocycles. The van der Waals surface area contributed by atoms with E-state index in [4.69, 9.17) is 4.74 Å². The maximum absolute atomic E-state index is 12.4. The molecule has 0 spiro atoms. The first kappa shape index (κ1) is 17.8. The third-order valence-electron chi connectivity index (χ3n) is 5.09. The molecule has 0 amide bonds. The summed E-state index contributed by atoms with van der Waals surface area (Å²) in [4.78, 5) is 16.9. The zero-order valence-corrected chi connectivity index (χ0v) is 16.1. The number of nitrogens with zero attached hydrogens (tertiary/aromatic N) is 2. The second kappa shape index (κ2) is 6.40. The number of carbonyl (C=O) groups is 1. The molecule has 3 rings (SSSR count). The Labute approximate surface area is 151 Å². The van der Waals surface area contributed by atoms with E-state index >= 15 is 0 Å². The van der Waals surface area contributed by atoms with Crippen molar-refractivity contribution in [2.75, 3.05) is 32.1 Å². The number of hydrogen-bond acceptors (Lipinski definition) is 4. The fourth-order valence-corrected chi connectivity index (χ4v) is 3.63. The van der Waals surface area contributed by atoms with E-state index in [1.165, 1.54) is 16.9 Å². The molecule has 136 valence electrons. The summed E-state index contributed by atoms with van der Waals surface area (Å²) >= 11 is 0. The second-order valence-corrected chi connectivity index (χ2v) is 8.65. The van der Waals surface area contributed by atoms with Crippen molar-refractivity contribution in [2.24, 2.45) is 5.41 Å². The van der Waals surface area contributed by atoms with Gasteiger partial charge in [0.15, 0.2) is 0 Å². The van der Waals surface area contributed by atoms with Gasteiger partial charge in [0.05, 0.1) is 12.0 Å². The maximum Gasteiger partial charge on any atom is 0.311 e. The van der Waals surface area contributed by atoms with E-state index in [2.05, 4.69) is 54.2 Å². The summed E-state index contributed by atoms with van der Waals surface area (Å²) < 4.78 is 6.03. The zero-order valence-electron chi connectivity index (χ0n) is 16.1. The summed E-state index contributed by atoms with van der Waals surface area (Å²) in [7, 11) is 4.11. The fraction of sp³-hybridized carbons (Fsp3) is 0.571. The van der Waals surface area contributed by atoms with Crippen LogP contribution in [0.1, 0.15) is 45.6 Å². The predicted octanol–water partition coefficient (Wildman–Crippen LogP) is 3.92. The van der Waals surface area contributed by atoms with Gasteiger partial charge in [0, 0.05) is 38.4 Å². The predicted molar refractivity (Wildman–Crippen MR) is 102 cm³/mol. The van der Waals surface area contributed by atoms with E-state index < -0.39 is 5.41 Å². The second-order valence-electron chi connectivity index (χ2n) is 8.65. The van der Waals surface area contributed by atoms with Gasteiger partial charge in [-0.25, -0.2) is 0 Å². The van der Waals surface area contributed by atoms with Crippen LogP contribution in [-0.4, -0.2) is 43.7 Å². The number of carbonyl (C=O) groups excluding carboxylic acids is 1. The molecule has 2 aliphatic rings. The van der Waals surface area contributed by atoms with Crippen molar-refractivity contribution in [2.45, 2.75) is 45.6 Å². The number of hydrogen-bond donors (Lipinski definition) is 0. The Morgan fingerprint density at radius 3 is 2.76 bits per heavy atom. The van der Waals surface area contributed by atoms with Crippen LogP contribution in [0.5, 0.6) is 0 Å². The number of anilines is 1. The van der Waals surface area contributed by atoms with E-state index in [1.807, 2.05) is 20.8 Å². The van der Waals surface area contributed by atoms with Crippen LogP contribution in [0, 0.1) is 5.41 Å². The molecule has 0 aromatic heterocycles. The molecule has 0 N–H and O–H groups in total. The Kier molecular flexibility index (Phi) is 4.56. The molecule has 1 unspecified atom stereocenters. The molecule has 2 saturated heterocycles. The molecule has 4 nitrogen and oxygen atoms in total. The van der Waals surface area contributed by atoms with Gasteiger partial charge >= 0.3 is 5.97 Å². The van der Waals surface area contributed by atoms with Crippen LogP contribution in [-0.2, 0) is 9.53 Å². The number of benzene rings is 1. The van der Waals surface area contributed by atoms with Crippen LogP contribution in [0.4, 0.5) is 5.69 Å². The average Bonchev–Trinajstić information content (AvgIpc) is 2.76. The van der Waals surface area contributed by atoms with Gasteiger partial charge in [0.1, 0.15) is 5.60 Å². The minimum atomic E-state index is -0.455. The topological polar surface area (TPSA) is 32.8 Å². The highest BCUT2D eigenvalue weighted by molar-refractivity contribution is 5.76. The van der Waals surface area contributed by atoms with Gasteiger partial charge in [0.2, 0.25) is 0 Å². The fourth-order valence-electron chi connectivity index (χ4n) is 3.63. The van der Waals surface area contributed by atoms with Gasteiger partial charge in [-0.3, -0.25) is 4.79 Å². The Morgan fingerprint density at radius 1 is 1.32 bits per heavy atom. The highest BCUT2D eigenvalue weighted by Crippen LogP contribution is 2.42. The van der Waals surface area contributed by atoms with Gasteiger partial charge in [-0.15, -0.1) is 0 Å². The molecule has 2 bridgehead atoms. The molecule has 1 atom stereocenters. The Balaban J connectivity index is 1.83. The number of esters is 1. The lowest BCUT2D eigenvalue weighted by Gasteiger charge is -2.35. The smallest absolute Gasteiger partial charge is 0.311 e. The highest BCUT2D eigenvalue weighted by Gasteiger charge is 2.47. The molecule has 0 radical (unpaired) electrons. The third kappa shape index (κ3) is 3.83. The Hall–Kier alpha value is -1.97. The molecule has 25 heavy (non-hydrogen) atoms. The van der Waals surface area contributed by atoms with Crippen molar-refractivity contribution in [1.29, 1.82) is 0 Å². The van der Waals surface area contributed by atoms with Crippen LogP contribution < -0.4 is 4.90 Å². The van der Waals surface area contributed by atoms with Gasteiger partial charge in [-0.2, -0.15) is 0 Å². The molecule has 2 fully saturated rings. The number of rotatable bonds is 3. The van der Waals surface area contributed by atoms with Crippen molar-refractivity contribution in [1.82, 2.24) is 4.90 Å². The molecule has 1 aromatic rings. The van der Waals surface area contributed by atoms with Crippen molar-refractivity contribution in [3.63, 3.8) is 0 Å². The van der Waals surface area contributed by atoms with Gasteiger partial charge in [-0.1, -0.05) is 12.1 Å². The summed E-state index contributed by atoms with van der Waals surface area (Å²) in [6.45, 7) is 7.64. The number of piperidine rings is 1. The summed E-state index contributed by atoms with van der Waals surface area (Å²) in [5.74, 6) is -0.0924. The highest BCUT2D eigenvalue weighted by atomic mass is 16.6. The van der Waals surface area contributed by atoms with Crippen molar-refractivity contribution in [3.05, 3.63) is 35.5 Å². The average molecular weight is 342 g/mol. The summed E-state index contributed by atoms with van der Waals surface area (Å²) in [6, 6.07) is 8.54. The first-order chi connectivity index (χ1) is 11.7. The molecule has 4 heteroatoms. The lowest BCUT2D eigenvalue weighted by atomic mass is 9.92. The van der Waals surface area contributed by atoms with Gasteiger partial charge in [0.25, 0.3) is 0 Å². The van der Waals surface area contributed by atoms with Crippen molar-refractivity contribution < 1.29 is 9.53 Å². The molecule has 0 aliphatic carbocycles. The van der Waals surface area contributed by atoms with E-state index in [9.17, 15) is 4.79 Å². The first-order valence-electron chi connectivity index (χ1n) is 9.15. The van der Waals surface area contributed by atoms with Crippen LogP contribution in [0.25, 0.3) is 6.08 Å². The summed E-state index contributed by atoms with van der Waals surface area (Å²) in [6.07, 6.45) is 5.11. The molecule has 0 saturated carbocycles. The zero-order chi connectivity index (χ0) is 18.2.